The first kappa shape index (κ1) is 14.9. The van der Waals surface area contributed by atoms with Gasteiger partial charge >= 0.3 is 0 Å². The van der Waals surface area contributed by atoms with Crippen molar-refractivity contribution >= 4 is 11.6 Å². The van der Waals surface area contributed by atoms with E-state index in [1.807, 2.05) is 13.0 Å². The molecule has 6 heteroatoms. The topological polar surface area (TPSA) is 55.1 Å². The molecule has 1 atom stereocenters. The van der Waals surface area contributed by atoms with E-state index < -0.39 is 29.4 Å². The molecule has 1 unspecified atom stereocenters. The van der Waals surface area contributed by atoms with Crippen molar-refractivity contribution < 1.29 is 18.0 Å². The van der Waals surface area contributed by atoms with Gasteiger partial charge in [-0.15, -0.1) is 0 Å². The molecular weight excluding hydrogens is 281 g/mol. The molecule has 2 rings (SSSR count). The predicted octanol–water partition coefficient (Wildman–Crippen LogP) is 3.05. The third-order valence-corrected chi connectivity index (χ3v) is 2.95. The number of nitrogens with one attached hydrogen (secondary N) is 1. The molecule has 0 aromatic heterocycles. The van der Waals surface area contributed by atoms with Gasteiger partial charge in [0.1, 0.15) is 6.04 Å². The summed E-state index contributed by atoms with van der Waals surface area (Å²) in [7, 11) is 0. The van der Waals surface area contributed by atoms with Crippen LogP contribution in [0.4, 0.5) is 18.9 Å². The summed E-state index contributed by atoms with van der Waals surface area (Å²) < 4.78 is 39.5. The molecule has 0 saturated carbocycles. The molecule has 110 valence electrons. The summed E-state index contributed by atoms with van der Waals surface area (Å²) in [5.74, 6) is -5.16. The second-order valence-corrected chi connectivity index (χ2v) is 4.65. The van der Waals surface area contributed by atoms with Gasteiger partial charge in [0.15, 0.2) is 17.5 Å². The molecule has 21 heavy (non-hydrogen) atoms. The lowest BCUT2D eigenvalue weighted by Gasteiger charge is -2.18. The van der Waals surface area contributed by atoms with Crippen molar-refractivity contribution in [3.63, 3.8) is 0 Å². The number of hydrogen-bond donors (Lipinski definition) is 2. The van der Waals surface area contributed by atoms with Gasteiger partial charge < -0.3 is 11.1 Å². The number of rotatable bonds is 4. The number of carbonyl (C=O) groups is 1. The number of anilines is 1. The van der Waals surface area contributed by atoms with Crippen LogP contribution < -0.4 is 11.1 Å². The Hall–Kier alpha value is -2.50. The monoisotopic (exact) mass is 294 g/mol. The highest BCUT2D eigenvalue weighted by molar-refractivity contribution is 5.84. The highest BCUT2D eigenvalue weighted by Gasteiger charge is 2.21. The summed E-state index contributed by atoms with van der Waals surface area (Å²) in [6.07, 6.45) is 0. The molecule has 2 aromatic carbocycles. The molecular formula is C15H13F3N2O. The van der Waals surface area contributed by atoms with E-state index >= 15 is 0 Å². The minimum absolute atomic E-state index is 0.0830. The lowest BCUT2D eigenvalue weighted by Crippen LogP contribution is -2.28. The number of aryl methyl sites for hydroxylation is 1. The van der Waals surface area contributed by atoms with Crippen molar-refractivity contribution in [1.29, 1.82) is 0 Å². The highest BCUT2D eigenvalue weighted by Crippen LogP contribution is 2.23. The Morgan fingerprint density at radius 3 is 2.29 bits per heavy atom. The van der Waals surface area contributed by atoms with Gasteiger partial charge in [-0.3, -0.25) is 4.79 Å². The number of primary amides is 1. The maximum atomic E-state index is 13.3. The highest BCUT2D eigenvalue weighted by atomic mass is 19.2. The lowest BCUT2D eigenvalue weighted by atomic mass is 10.0. The molecule has 3 N–H and O–H groups in total. The molecule has 0 aliphatic rings. The molecule has 0 saturated heterocycles. The first-order valence-corrected chi connectivity index (χ1v) is 6.15. The number of carbonyl (C=O) groups excluding carboxylic acids is 1. The number of benzene rings is 2. The van der Waals surface area contributed by atoms with Gasteiger partial charge in [0, 0.05) is 5.69 Å². The van der Waals surface area contributed by atoms with Crippen LogP contribution in [-0.2, 0) is 4.79 Å². The SMILES string of the molecule is Cc1cccc(NC(C(N)=O)c2cc(F)c(F)c(F)c2)c1. The molecule has 2 aromatic rings. The molecule has 0 spiro atoms. The molecule has 0 aliphatic carbocycles. The van der Waals surface area contributed by atoms with E-state index in [2.05, 4.69) is 5.32 Å². The summed E-state index contributed by atoms with van der Waals surface area (Å²) in [5.41, 5.74) is 6.66. The average molecular weight is 294 g/mol. The third-order valence-electron chi connectivity index (χ3n) is 2.95. The van der Waals surface area contributed by atoms with E-state index in [0.29, 0.717) is 5.69 Å². The smallest absolute Gasteiger partial charge is 0.244 e. The zero-order chi connectivity index (χ0) is 15.6. The average Bonchev–Trinajstić information content (AvgIpc) is 2.41. The van der Waals surface area contributed by atoms with Gasteiger partial charge in [-0.1, -0.05) is 12.1 Å². The van der Waals surface area contributed by atoms with Crippen molar-refractivity contribution in [2.45, 2.75) is 13.0 Å². The Balaban J connectivity index is 2.38. The normalized spacial score (nSPS) is 12.0. The number of amides is 1. The minimum atomic E-state index is -1.59. The summed E-state index contributed by atoms with van der Waals surface area (Å²) in [4.78, 5) is 11.5. The fraction of sp³-hybridized carbons (Fsp3) is 0.133. The van der Waals surface area contributed by atoms with Crippen molar-refractivity contribution in [3.05, 3.63) is 65.0 Å². The second-order valence-electron chi connectivity index (χ2n) is 4.65. The lowest BCUT2D eigenvalue weighted by molar-refractivity contribution is -0.118. The quantitative estimate of drug-likeness (QED) is 0.852. The fourth-order valence-electron chi connectivity index (χ4n) is 1.96. The van der Waals surface area contributed by atoms with Gasteiger partial charge in [0.2, 0.25) is 5.91 Å². The van der Waals surface area contributed by atoms with Gasteiger partial charge in [0.25, 0.3) is 0 Å². The Bertz CT molecular complexity index is 665. The van der Waals surface area contributed by atoms with Crippen LogP contribution in [0.1, 0.15) is 17.2 Å². The van der Waals surface area contributed by atoms with E-state index in [-0.39, 0.29) is 5.56 Å². The summed E-state index contributed by atoms with van der Waals surface area (Å²) in [6.45, 7) is 1.85. The van der Waals surface area contributed by atoms with Gasteiger partial charge in [-0.05, 0) is 42.3 Å². The van der Waals surface area contributed by atoms with Crippen molar-refractivity contribution in [2.24, 2.45) is 5.73 Å². The van der Waals surface area contributed by atoms with Crippen molar-refractivity contribution in [2.75, 3.05) is 5.32 Å². The third kappa shape index (κ3) is 3.34. The van der Waals surface area contributed by atoms with Gasteiger partial charge in [-0.2, -0.15) is 0 Å². The van der Waals surface area contributed by atoms with Crippen LogP contribution in [0.2, 0.25) is 0 Å². The maximum absolute atomic E-state index is 13.3. The first-order chi connectivity index (χ1) is 9.88. The van der Waals surface area contributed by atoms with E-state index in [4.69, 9.17) is 5.73 Å². The van der Waals surface area contributed by atoms with E-state index in [9.17, 15) is 18.0 Å². The van der Waals surface area contributed by atoms with Crippen LogP contribution >= 0.6 is 0 Å². The van der Waals surface area contributed by atoms with E-state index in [1.54, 1.807) is 18.2 Å². The Labute approximate surface area is 119 Å². The zero-order valence-electron chi connectivity index (χ0n) is 11.2. The summed E-state index contributed by atoms with van der Waals surface area (Å²) in [5, 5.41) is 2.78. The molecule has 3 nitrogen and oxygen atoms in total. The predicted molar refractivity (Wildman–Crippen MR) is 73.1 cm³/mol. The molecule has 0 heterocycles. The molecule has 0 radical (unpaired) electrons. The van der Waals surface area contributed by atoms with Crippen LogP contribution in [-0.4, -0.2) is 5.91 Å². The van der Waals surface area contributed by atoms with Gasteiger partial charge in [0.05, 0.1) is 0 Å². The molecule has 0 fully saturated rings. The van der Waals surface area contributed by atoms with Crippen LogP contribution in [0.15, 0.2) is 36.4 Å². The van der Waals surface area contributed by atoms with Crippen molar-refractivity contribution in [1.82, 2.24) is 0 Å². The molecule has 0 bridgehead atoms. The first-order valence-electron chi connectivity index (χ1n) is 6.15. The summed E-state index contributed by atoms with van der Waals surface area (Å²) in [6, 6.07) is 7.35. The Kier molecular flexibility index (Phi) is 4.16. The molecule has 1 amide bonds. The van der Waals surface area contributed by atoms with Crippen LogP contribution in [0.5, 0.6) is 0 Å². The van der Waals surface area contributed by atoms with E-state index in [1.165, 1.54) is 0 Å². The maximum Gasteiger partial charge on any atom is 0.244 e. The van der Waals surface area contributed by atoms with Gasteiger partial charge in [-0.25, -0.2) is 13.2 Å². The van der Waals surface area contributed by atoms with Crippen molar-refractivity contribution in [3.8, 4) is 0 Å². The summed E-state index contributed by atoms with van der Waals surface area (Å²) >= 11 is 0. The number of halogens is 3. The minimum Gasteiger partial charge on any atom is -0.370 e. The van der Waals surface area contributed by atoms with Crippen LogP contribution in [0, 0.1) is 24.4 Å². The van der Waals surface area contributed by atoms with E-state index in [0.717, 1.165) is 17.7 Å². The zero-order valence-corrected chi connectivity index (χ0v) is 11.2. The Morgan fingerprint density at radius 2 is 1.76 bits per heavy atom. The number of hydrogen-bond acceptors (Lipinski definition) is 2. The fourth-order valence-corrected chi connectivity index (χ4v) is 1.96. The largest absolute Gasteiger partial charge is 0.370 e. The molecule has 0 aliphatic heterocycles. The second kappa shape index (κ2) is 5.87. The Morgan fingerprint density at radius 1 is 1.14 bits per heavy atom. The van der Waals surface area contributed by atoms with Crippen LogP contribution in [0.3, 0.4) is 0 Å². The van der Waals surface area contributed by atoms with Crippen LogP contribution in [0.25, 0.3) is 0 Å². The standard InChI is InChI=1S/C15H13F3N2O/c1-8-3-2-4-10(5-8)20-14(15(19)21)9-6-11(16)13(18)12(17)7-9/h2-7,14,20H,1H3,(H2,19,21). The number of nitrogens with two attached hydrogens (primary N) is 1.